The first-order chi connectivity index (χ1) is 15.6. The number of halogens is 2. The predicted octanol–water partition coefficient (Wildman–Crippen LogP) is 8.39. The molecule has 0 aliphatic carbocycles. The van der Waals surface area contributed by atoms with Crippen LogP contribution in [0, 0.1) is 3.57 Å². The second-order valence-corrected chi connectivity index (χ2v) is 19.4. The number of nitrogens with zero attached hydrogens (tertiary/aromatic N) is 3. The maximum absolute atomic E-state index is 13.0. The van der Waals surface area contributed by atoms with E-state index in [1.54, 1.807) is 0 Å². The molecule has 1 unspecified atom stereocenters. The minimum Gasteiger partial charge on any atom is -0.444 e. The lowest BCUT2D eigenvalue weighted by molar-refractivity contribution is 0.0154. The first kappa shape index (κ1) is 27.5. The van der Waals surface area contributed by atoms with Crippen molar-refractivity contribution in [3.05, 3.63) is 38.6 Å². The van der Waals surface area contributed by atoms with Crippen LogP contribution in [0.1, 0.15) is 66.1 Å². The van der Waals surface area contributed by atoms with Crippen LogP contribution in [0.4, 0.5) is 4.79 Å². The van der Waals surface area contributed by atoms with Gasteiger partial charge >= 0.3 is 6.09 Å². The van der Waals surface area contributed by atoms with Crippen LogP contribution in [0.2, 0.25) is 29.2 Å². The van der Waals surface area contributed by atoms with Crippen molar-refractivity contribution in [2.45, 2.75) is 96.7 Å². The van der Waals surface area contributed by atoms with Gasteiger partial charge in [0.05, 0.1) is 29.9 Å². The van der Waals surface area contributed by atoms with Gasteiger partial charge in [-0.15, -0.1) is 0 Å². The molecule has 2 heterocycles. The highest BCUT2D eigenvalue weighted by Crippen LogP contribution is 2.41. The molecule has 0 saturated heterocycles. The number of carbonyl (C=O) groups excluding carboxylic acids is 1. The Hall–Kier alpha value is -1.06. The van der Waals surface area contributed by atoms with Crippen LogP contribution in [0.5, 0.6) is 0 Å². The first-order valence-electron chi connectivity index (χ1n) is 12.1. The second kappa shape index (κ2) is 10.1. The van der Waals surface area contributed by atoms with E-state index in [0.29, 0.717) is 23.2 Å². The molecule has 0 spiro atoms. The molecule has 0 bridgehead atoms. The molecule has 1 aromatic carbocycles. The number of benzene rings is 1. The number of hydrogen-bond donors (Lipinski definition) is 0. The standard InChI is InChI=1S/C26H39ClIN3O2Si/c1-25(2,3)33-24(32)30-16-20(13-10-14-34(7,8)26(4,5)6)31-21(17-30)22(28)23(29-31)18-11-9-12-19(27)15-18/h9,11-12,15,20H,10,13-14,16-17H2,1-8H3. The average Bonchev–Trinajstić information content (AvgIpc) is 3.02. The van der Waals surface area contributed by atoms with E-state index in [4.69, 9.17) is 21.4 Å². The molecule has 1 aliphatic rings. The fraction of sp³-hybridized carbons (Fsp3) is 0.615. The lowest BCUT2D eigenvalue weighted by Crippen LogP contribution is -2.44. The Kier molecular flexibility index (Phi) is 8.20. The molecule has 188 valence electrons. The molecule has 0 fully saturated rings. The maximum Gasteiger partial charge on any atom is 0.410 e. The predicted molar refractivity (Wildman–Crippen MR) is 152 cm³/mol. The van der Waals surface area contributed by atoms with Gasteiger partial charge < -0.3 is 9.64 Å². The van der Waals surface area contributed by atoms with Crippen molar-refractivity contribution >= 4 is 48.4 Å². The van der Waals surface area contributed by atoms with Gasteiger partial charge in [-0.25, -0.2) is 4.79 Å². The fourth-order valence-electron chi connectivity index (χ4n) is 4.12. The van der Waals surface area contributed by atoms with E-state index in [2.05, 4.69) is 61.1 Å². The molecule has 2 aromatic rings. The smallest absolute Gasteiger partial charge is 0.410 e. The van der Waals surface area contributed by atoms with E-state index in [0.717, 1.165) is 33.4 Å². The number of fused-ring (bicyclic) bond motifs is 1. The van der Waals surface area contributed by atoms with Crippen LogP contribution in [-0.2, 0) is 11.3 Å². The molecule has 0 N–H and O–H groups in total. The molecular formula is C26H39ClIN3O2Si. The third-order valence-electron chi connectivity index (χ3n) is 7.18. The zero-order valence-electron chi connectivity index (χ0n) is 21.8. The highest BCUT2D eigenvalue weighted by atomic mass is 127. The van der Waals surface area contributed by atoms with Gasteiger partial charge in [0.2, 0.25) is 0 Å². The zero-order valence-corrected chi connectivity index (χ0v) is 25.7. The van der Waals surface area contributed by atoms with Crippen LogP contribution in [0.15, 0.2) is 24.3 Å². The summed E-state index contributed by atoms with van der Waals surface area (Å²) in [5.41, 5.74) is 2.48. The first-order valence-corrected chi connectivity index (χ1v) is 16.8. The molecule has 5 nitrogen and oxygen atoms in total. The van der Waals surface area contributed by atoms with E-state index in [-0.39, 0.29) is 12.1 Å². The third kappa shape index (κ3) is 6.38. The van der Waals surface area contributed by atoms with Gasteiger partial charge in [-0.1, -0.05) is 70.1 Å². The molecule has 0 radical (unpaired) electrons. The SMILES string of the molecule is CC(C)(C)OC(=O)N1Cc2c(I)c(-c3cccc(Cl)c3)nn2C(CCC[Si](C)(C)C(C)(C)C)C1. The van der Waals surface area contributed by atoms with Crippen molar-refractivity contribution in [2.75, 3.05) is 6.54 Å². The summed E-state index contributed by atoms with van der Waals surface area (Å²) in [7, 11) is -1.37. The third-order valence-corrected chi connectivity index (χ3v) is 14.2. The minimum atomic E-state index is -1.37. The van der Waals surface area contributed by atoms with Gasteiger partial charge in [-0.05, 0) is 67.0 Å². The molecular weight excluding hydrogens is 577 g/mol. The summed E-state index contributed by atoms with van der Waals surface area (Å²) < 4.78 is 8.98. The molecule has 1 aliphatic heterocycles. The van der Waals surface area contributed by atoms with Crippen LogP contribution in [0.3, 0.4) is 0 Å². The Balaban J connectivity index is 1.91. The minimum absolute atomic E-state index is 0.127. The van der Waals surface area contributed by atoms with E-state index in [9.17, 15) is 4.79 Å². The van der Waals surface area contributed by atoms with Crippen LogP contribution < -0.4 is 0 Å². The Morgan fingerprint density at radius 1 is 1.24 bits per heavy atom. The average molecular weight is 616 g/mol. The van der Waals surface area contributed by atoms with Crippen LogP contribution in [-0.4, -0.2) is 41.0 Å². The topological polar surface area (TPSA) is 47.4 Å². The van der Waals surface area contributed by atoms with Gasteiger partial charge in [-0.3, -0.25) is 4.68 Å². The fourth-order valence-corrected chi connectivity index (χ4v) is 6.99. The molecule has 1 amide bonds. The number of rotatable bonds is 5. The Bertz CT molecular complexity index is 1040. The Labute approximate surface area is 224 Å². The number of aromatic nitrogens is 2. The highest BCUT2D eigenvalue weighted by molar-refractivity contribution is 14.1. The molecule has 0 saturated carbocycles. The quantitative estimate of drug-likeness (QED) is 0.251. The summed E-state index contributed by atoms with van der Waals surface area (Å²) in [5, 5.41) is 6.12. The number of carbonyl (C=O) groups is 1. The van der Waals surface area contributed by atoms with Gasteiger partial charge in [0.1, 0.15) is 11.3 Å². The van der Waals surface area contributed by atoms with Gasteiger partial charge in [0.15, 0.2) is 0 Å². The molecule has 3 rings (SSSR count). The van der Waals surface area contributed by atoms with Crippen molar-refractivity contribution in [3.8, 4) is 11.3 Å². The van der Waals surface area contributed by atoms with E-state index < -0.39 is 13.7 Å². The van der Waals surface area contributed by atoms with Crippen molar-refractivity contribution in [3.63, 3.8) is 0 Å². The largest absolute Gasteiger partial charge is 0.444 e. The molecule has 34 heavy (non-hydrogen) atoms. The number of amides is 1. The van der Waals surface area contributed by atoms with E-state index >= 15 is 0 Å². The van der Waals surface area contributed by atoms with Gasteiger partial charge in [-0.2, -0.15) is 5.10 Å². The van der Waals surface area contributed by atoms with Crippen LogP contribution >= 0.6 is 34.2 Å². The van der Waals surface area contributed by atoms with Gasteiger partial charge in [0.25, 0.3) is 0 Å². The van der Waals surface area contributed by atoms with E-state index in [1.807, 2.05) is 49.9 Å². The normalized spacial score (nSPS) is 17.0. The molecule has 8 heteroatoms. The van der Waals surface area contributed by atoms with Crippen molar-refractivity contribution in [1.82, 2.24) is 14.7 Å². The van der Waals surface area contributed by atoms with Crippen molar-refractivity contribution in [2.24, 2.45) is 0 Å². The van der Waals surface area contributed by atoms with E-state index in [1.165, 1.54) is 6.04 Å². The summed E-state index contributed by atoms with van der Waals surface area (Å²) in [5.74, 6) is 0. The van der Waals surface area contributed by atoms with Crippen molar-refractivity contribution in [1.29, 1.82) is 0 Å². The maximum atomic E-state index is 13.0. The van der Waals surface area contributed by atoms with Crippen LogP contribution in [0.25, 0.3) is 11.3 Å². The number of hydrogen-bond acceptors (Lipinski definition) is 3. The summed E-state index contributed by atoms with van der Waals surface area (Å²) in [4.78, 5) is 14.9. The number of ether oxygens (including phenoxy) is 1. The lowest BCUT2D eigenvalue weighted by atomic mass is 10.1. The summed E-state index contributed by atoms with van der Waals surface area (Å²) in [6.45, 7) is 18.9. The van der Waals surface area contributed by atoms with Gasteiger partial charge in [0, 0.05) is 17.1 Å². The zero-order chi connectivity index (χ0) is 25.5. The second-order valence-electron chi connectivity index (χ2n) is 12.1. The summed E-state index contributed by atoms with van der Waals surface area (Å²) in [6.07, 6.45) is 1.87. The monoisotopic (exact) mass is 615 g/mol. The Morgan fingerprint density at radius 3 is 2.50 bits per heavy atom. The van der Waals surface area contributed by atoms with Crippen molar-refractivity contribution < 1.29 is 9.53 Å². The molecule has 1 atom stereocenters. The highest BCUT2D eigenvalue weighted by Gasteiger charge is 2.37. The Morgan fingerprint density at radius 2 is 1.91 bits per heavy atom. The summed E-state index contributed by atoms with van der Waals surface area (Å²) in [6, 6.07) is 9.21. The summed E-state index contributed by atoms with van der Waals surface area (Å²) >= 11 is 8.64. The lowest BCUT2D eigenvalue weighted by Gasteiger charge is -2.38. The molecule has 1 aromatic heterocycles.